The number of carbonyl (C=O) groups excluding carboxylic acids is 1. The molecule has 0 aromatic rings. The number of aliphatic carboxylic acids is 1. The second-order valence-electron chi connectivity index (χ2n) is 4.95. The molecule has 2 N–H and O–H groups in total. The molecule has 5 heteroatoms. The maximum atomic E-state index is 12.0. The third kappa shape index (κ3) is 2.70. The zero-order chi connectivity index (χ0) is 13.1. The maximum absolute atomic E-state index is 12.0. The minimum absolute atomic E-state index is 0.0243. The summed E-state index contributed by atoms with van der Waals surface area (Å²) in [5, 5.41) is 12.2. The lowest BCUT2D eigenvalue weighted by atomic mass is 9.91. The Balaban J connectivity index is 2.88. The van der Waals surface area contributed by atoms with E-state index in [1.807, 2.05) is 20.8 Å². The standard InChI is InChI=1S/C12H22N2O3/c1-4-6-12(10(15)16)7-5-8-14(12)11(17)13-9(2)3/h9H,4-8H2,1-3H3,(H,13,17)(H,15,16). The normalized spacial score (nSPS) is 24.1. The van der Waals surface area contributed by atoms with Crippen LogP contribution in [0, 0.1) is 0 Å². The Morgan fingerprint density at radius 2 is 2.12 bits per heavy atom. The van der Waals surface area contributed by atoms with E-state index in [0.717, 1.165) is 12.8 Å². The van der Waals surface area contributed by atoms with Gasteiger partial charge in [0, 0.05) is 12.6 Å². The van der Waals surface area contributed by atoms with E-state index in [0.29, 0.717) is 19.4 Å². The topological polar surface area (TPSA) is 69.6 Å². The molecule has 0 saturated carbocycles. The molecule has 0 aromatic carbocycles. The van der Waals surface area contributed by atoms with Gasteiger partial charge in [-0.25, -0.2) is 9.59 Å². The van der Waals surface area contributed by atoms with Gasteiger partial charge in [0.2, 0.25) is 0 Å². The minimum Gasteiger partial charge on any atom is -0.479 e. The van der Waals surface area contributed by atoms with Crippen molar-refractivity contribution in [1.82, 2.24) is 10.2 Å². The summed E-state index contributed by atoms with van der Waals surface area (Å²) in [4.78, 5) is 25.0. The maximum Gasteiger partial charge on any atom is 0.329 e. The fourth-order valence-electron chi connectivity index (χ4n) is 2.50. The number of nitrogens with one attached hydrogen (secondary N) is 1. The van der Waals surface area contributed by atoms with Gasteiger partial charge in [-0.15, -0.1) is 0 Å². The van der Waals surface area contributed by atoms with E-state index in [1.165, 1.54) is 4.90 Å². The Morgan fingerprint density at radius 3 is 2.59 bits per heavy atom. The van der Waals surface area contributed by atoms with Gasteiger partial charge in [-0.05, 0) is 33.1 Å². The van der Waals surface area contributed by atoms with Gasteiger partial charge >= 0.3 is 12.0 Å². The van der Waals surface area contributed by atoms with Crippen molar-refractivity contribution < 1.29 is 14.7 Å². The van der Waals surface area contributed by atoms with Gasteiger partial charge < -0.3 is 15.3 Å². The zero-order valence-electron chi connectivity index (χ0n) is 10.8. The van der Waals surface area contributed by atoms with Crippen molar-refractivity contribution in [2.45, 2.75) is 58.0 Å². The highest BCUT2D eigenvalue weighted by atomic mass is 16.4. The van der Waals surface area contributed by atoms with Crippen LogP contribution in [0.4, 0.5) is 4.79 Å². The molecule has 1 unspecified atom stereocenters. The summed E-state index contributed by atoms with van der Waals surface area (Å²) in [5.41, 5.74) is -0.992. The molecule has 17 heavy (non-hydrogen) atoms. The molecule has 0 spiro atoms. The molecule has 1 heterocycles. The van der Waals surface area contributed by atoms with Gasteiger partial charge in [0.1, 0.15) is 5.54 Å². The molecule has 2 amide bonds. The van der Waals surface area contributed by atoms with E-state index in [-0.39, 0.29) is 12.1 Å². The summed E-state index contributed by atoms with van der Waals surface area (Å²) in [6.07, 6.45) is 2.60. The second kappa shape index (κ2) is 5.38. The first-order chi connectivity index (χ1) is 7.94. The van der Waals surface area contributed by atoms with Crippen molar-refractivity contribution in [3.8, 4) is 0 Å². The molecule has 1 aliphatic rings. The highest BCUT2D eigenvalue weighted by molar-refractivity contribution is 5.87. The Labute approximate surface area is 102 Å². The number of carbonyl (C=O) groups is 2. The summed E-state index contributed by atoms with van der Waals surface area (Å²) < 4.78 is 0. The number of likely N-dealkylation sites (tertiary alicyclic amines) is 1. The molecule has 1 aliphatic heterocycles. The smallest absolute Gasteiger partial charge is 0.329 e. The van der Waals surface area contributed by atoms with Crippen molar-refractivity contribution in [3.05, 3.63) is 0 Å². The van der Waals surface area contributed by atoms with Crippen LogP contribution in [-0.4, -0.2) is 40.1 Å². The Morgan fingerprint density at radius 1 is 1.47 bits per heavy atom. The van der Waals surface area contributed by atoms with Crippen LogP contribution in [0.15, 0.2) is 0 Å². The molecule has 1 atom stereocenters. The average Bonchev–Trinajstić information content (AvgIpc) is 2.62. The van der Waals surface area contributed by atoms with Gasteiger partial charge in [0.15, 0.2) is 0 Å². The van der Waals surface area contributed by atoms with Crippen LogP contribution < -0.4 is 5.32 Å². The zero-order valence-corrected chi connectivity index (χ0v) is 10.8. The Bertz CT molecular complexity index is 304. The molecule has 0 aliphatic carbocycles. The Hall–Kier alpha value is -1.26. The van der Waals surface area contributed by atoms with Crippen LogP contribution in [0.2, 0.25) is 0 Å². The first-order valence-electron chi connectivity index (χ1n) is 6.25. The van der Waals surface area contributed by atoms with Crippen LogP contribution >= 0.6 is 0 Å². The lowest BCUT2D eigenvalue weighted by molar-refractivity contribution is -0.148. The molecule has 0 aromatic heterocycles. The van der Waals surface area contributed by atoms with E-state index in [2.05, 4.69) is 5.32 Å². The molecule has 1 rings (SSSR count). The number of amides is 2. The van der Waals surface area contributed by atoms with Crippen LogP contribution in [-0.2, 0) is 4.79 Å². The van der Waals surface area contributed by atoms with E-state index >= 15 is 0 Å². The third-order valence-electron chi connectivity index (χ3n) is 3.21. The quantitative estimate of drug-likeness (QED) is 0.790. The number of urea groups is 1. The average molecular weight is 242 g/mol. The van der Waals surface area contributed by atoms with E-state index in [1.54, 1.807) is 0 Å². The molecule has 1 fully saturated rings. The van der Waals surface area contributed by atoms with Crippen LogP contribution in [0.25, 0.3) is 0 Å². The summed E-state index contributed by atoms with van der Waals surface area (Å²) in [6, 6.07) is -0.232. The van der Waals surface area contributed by atoms with Gasteiger partial charge in [-0.3, -0.25) is 0 Å². The predicted molar refractivity (Wildman–Crippen MR) is 64.9 cm³/mol. The van der Waals surface area contributed by atoms with Crippen LogP contribution in [0.3, 0.4) is 0 Å². The van der Waals surface area contributed by atoms with Crippen LogP contribution in [0.5, 0.6) is 0 Å². The lowest BCUT2D eigenvalue weighted by Gasteiger charge is -2.35. The number of hydrogen-bond donors (Lipinski definition) is 2. The van der Waals surface area contributed by atoms with Crippen LogP contribution in [0.1, 0.15) is 46.5 Å². The molecular formula is C12H22N2O3. The van der Waals surface area contributed by atoms with Crippen molar-refractivity contribution >= 4 is 12.0 Å². The van der Waals surface area contributed by atoms with Crippen molar-refractivity contribution in [1.29, 1.82) is 0 Å². The fourth-order valence-corrected chi connectivity index (χ4v) is 2.50. The lowest BCUT2D eigenvalue weighted by Crippen LogP contribution is -2.56. The fraction of sp³-hybridized carbons (Fsp3) is 0.833. The number of nitrogens with zero attached hydrogens (tertiary/aromatic N) is 1. The number of rotatable bonds is 4. The molecule has 1 saturated heterocycles. The largest absolute Gasteiger partial charge is 0.479 e. The van der Waals surface area contributed by atoms with Crippen molar-refractivity contribution in [2.24, 2.45) is 0 Å². The summed E-state index contributed by atoms with van der Waals surface area (Å²) in [7, 11) is 0. The van der Waals surface area contributed by atoms with Gasteiger partial charge in [-0.1, -0.05) is 13.3 Å². The molecular weight excluding hydrogens is 220 g/mol. The number of carboxylic acids is 1. The summed E-state index contributed by atoms with van der Waals surface area (Å²) in [6.45, 7) is 6.22. The predicted octanol–water partition coefficient (Wildman–Crippen LogP) is 1.82. The van der Waals surface area contributed by atoms with Crippen molar-refractivity contribution in [2.75, 3.05) is 6.54 Å². The van der Waals surface area contributed by atoms with E-state index < -0.39 is 11.5 Å². The SMILES string of the molecule is CCCC1(C(=O)O)CCCN1C(=O)NC(C)C. The van der Waals surface area contributed by atoms with Gasteiger partial charge in [0.05, 0.1) is 0 Å². The number of hydrogen-bond acceptors (Lipinski definition) is 2. The first kappa shape index (κ1) is 13.8. The Kier molecular flexibility index (Phi) is 4.37. The molecule has 98 valence electrons. The molecule has 5 nitrogen and oxygen atoms in total. The molecule has 0 bridgehead atoms. The van der Waals surface area contributed by atoms with E-state index in [4.69, 9.17) is 0 Å². The first-order valence-corrected chi connectivity index (χ1v) is 6.25. The van der Waals surface area contributed by atoms with E-state index in [9.17, 15) is 14.7 Å². The number of carboxylic acid groups (broad SMARTS) is 1. The second-order valence-corrected chi connectivity index (χ2v) is 4.95. The minimum atomic E-state index is -0.992. The highest BCUT2D eigenvalue weighted by Gasteiger charge is 2.49. The summed E-state index contributed by atoms with van der Waals surface area (Å²) in [5.74, 6) is -0.879. The van der Waals surface area contributed by atoms with Crippen molar-refractivity contribution in [3.63, 3.8) is 0 Å². The van der Waals surface area contributed by atoms with Gasteiger partial charge in [-0.2, -0.15) is 0 Å². The third-order valence-corrected chi connectivity index (χ3v) is 3.21. The van der Waals surface area contributed by atoms with Gasteiger partial charge in [0.25, 0.3) is 0 Å². The monoisotopic (exact) mass is 242 g/mol. The molecule has 0 radical (unpaired) electrons. The summed E-state index contributed by atoms with van der Waals surface area (Å²) >= 11 is 0. The highest BCUT2D eigenvalue weighted by Crippen LogP contribution is 2.34.